The minimum atomic E-state index is 0.0867. The summed E-state index contributed by atoms with van der Waals surface area (Å²) in [6, 6.07) is 14.6. The van der Waals surface area contributed by atoms with Gasteiger partial charge in [0.1, 0.15) is 5.82 Å². The van der Waals surface area contributed by atoms with Crippen LogP contribution in [0.2, 0.25) is 0 Å². The molecule has 2 aliphatic rings. The van der Waals surface area contributed by atoms with Crippen LogP contribution in [-0.2, 0) is 4.79 Å². The van der Waals surface area contributed by atoms with Crippen molar-refractivity contribution in [2.24, 2.45) is 5.92 Å². The van der Waals surface area contributed by atoms with Crippen molar-refractivity contribution in [1.82, 2.24) is 30.0 Å². The number of hydrogen-bond donors (Lipinski definition) is 1. The molecule has 0 unspecified atom stereocenters. The van der Waals surface area contributed by atoms with E-state index < -0.39 is 0 Å². The van der Waals surface area contributed by atoms with Crippen molar-refractivity contribution in [3.8, 4) is 11.4 Å². The zero-order chi connectivity index (χ0) is 23.3. The molecule has 1 aromatic carbocycles. The van der Waals surface area contributed by atoms with Crippen molar-refractivity contribution in [1.29, 1.82) is 0 Å². The van der Waals surface area contributed by atoms with Gasteiger partial charge in [0.05, 0.1) is 0 Å². The summed E-state index contributed by atoms with van der Waals surface area (Å²) in [6.07, 6.45) is 6.69. The third-order valence-corrected chi connectivity index (χ3v) is 7.33. The molecule has 0 saturated carbocycles. The number of amides is 1. The molecule has 8 heteroatoms. The molecule has 1 atom stereocenters. The first kappa shape index (κ1) is 22.8. The Morgan fingerprint density at radius 1 is 1.00 bits per heavy atom. The number of rotatable bonds is 7. The lowest BCUT2D eigenvalue weighted by Gasteiger charge is -2.33. The highest BCUT2D eigenvalue weighted by molar-refractivity contribution is 5.79. The largest absolute Gasteiger partial charge is 0.356 e. The van der Waals surface area contributed by atoms with E-state index in [-0.39, 0.29) is 11.8 Å². The van der Waals surface area contributed by atoms with Gasteiger partial charge in [-0.15, -0.1) is 15.3 Å². The predicted octanol–water partition coefficient (Wildman–Crippen LogP) is 3.39. The Labute approximate surface area is 201 Å². The second kappa shape index (κ2) is 10.5. The molecule has 2 fully saturated rings. The van der Waals surface area contributed by atoms with E-state index in [1.54, 1.807) is 0 Å². The third-order valence-electron chi connectivity index (χ3n) is 7.33. The van der Waals surface area contributed by atoms with Gasteiger partial charge in [0.15, 0.2) is 11.5 Å². The van der Waals surface area contributed by atoms with Gasteiger partial charge < -0.3 is 15.1 Å². The van der Waals surface area contributed by atoms with E-state index in [1.165, 1.54) is 25.8 Å². The standard InChI is InChI=1S/C26H35N7O/c1-20-8-5-6-16-31(20)17-7-15-27-26(34)22-13-18-32(19-14-22)24-12-11-23-28-29-25(33(23)30-24)21-9-3-2-4-10-21/h2-4,9-12,20,22H,5-8,13-19H2,1H3,(H,27,34)/t20-/m1/s1. The van der Waals surface area contributed by atoms with Crippen LogP contribution >= 0.6 is 0 Å². The smallest absolute Gasteiger partial charge is 0.223 e. The van der Waals surface area contributed by atoms with E-state index in [0.29, 0.717) is 6.04 Å². The summed E-state index contributed by atoms with van der Waals surface area (Å²) in [7, 11) is 0. The van der Waals surface area contributed by atoms with E-state index in [9.17, 15) is 4.79 Å². The molecule has 5 rings (SSSR count). The number of aromatic nitrogens is 4. The normalized spacial score (nSPS) is 20.0. The zero-order valence-electron chi connectivity index (χ0n) is 20.1. The summed E-state index contributed by atoms with van der Waals surface area (Å²) in [5.41, 5.74) is 1.72. The lowest BCUT2D eigenvalue weighted by molar-refractivity contribution is -0.125. The van der Waals surface area contributed by atoms with Crippen LogP contribution < -0.4 is 10.2 Å². The van der Waals surface area contributed by atoms with Crippen LogP contribution in [0.4, 0.5) is 5.82 Å². The van der Waals surface area contributed by atoms with Crippen LogP contribution in [0.15, 0.2) is 42.5 Å². The molecular formula is C26H35N7O. The number of nitrogens with zero attached hydrogens (tertiary/aromatic N) is 6. The van der Waals surface area contributed by atoms with E-state index >= 15 is 0 Å². The predicted molar refractivity (Wildman–Crippen MR) is 134 cm³/mol. The van der Waals surface area contributed by atoms with Gasteiger partial charge in [-0.25, -0.2) is 0 Å². The minimum absolute atomic E-state index is 0.0867. The Kier molecular flexibility index (Phi) is 7.04. The van der Waals surface area contributed by atoms with Gasteiger partial charge in [-0.3, -0.25) is 4.79 Å². The van der Waals surface area contributed by atoms with Crippen LogP contribution in [0.25, 0.3) is 17.0 Å². The molecule has 180 valence electrons. The molecule has 34 heavy (non-hydrogen) atoms. The molecule has 2 aromatic heterocycles. The summed E-state index contributed by atoms with van der Waals surface area (Å²) >= 11 is 0. The lowest BCUT2D eigenvalue weighted by atomic mass is 9.96. The van der Waals surface area contributed by atoms with Gasteiger partial charge in [0.2, 0.25) is 5.91 Å². The summed E-state index contributed by atoms with van der Waals surface area (Å²) in [6.45, 7) is 7.03. The molecule has 3 aromatic rings. The van der Waals surface area contributed by atoms with Crippen LogP contribution in [0.1, 0.15) is 45.4 Å². The van der Waals surface area contributed by atoms with Crippen LogP contribution in [0, 0.1) is 5.92 Å². The quantitative estimate of drug-likeness (QED) is 0.544. The summed E-state index contributed by atoms with van der Waals surface area (Å²) in [4.78, 5) is 17.5. The summed E-state index contributed by atoms with van der Waals surface area (Å²) < 4.78 is 1.81. The van der Waals surface area contributed by atoms with Crippen molar-refractivity contribution in [3.05, 3.63) is 42.5 Å². The summed E-state index contributed by atoms with van der Waals surface area (Å²) in [5.74, 6) is 1.94. The molecule has 2 aliphatic heterocycles. The number of benzene rings is 1. The van der Waals surface area contributed by atoms with Crippen molar-refractivity contribution in [2.75, 3.05) is 37.6 Å². The molecular weight excluding hydrogens is 426 g/mol. The lowest BCUT2D eigenvalue weighted by Crippen LogP contribution is -2.42. The van der Waals surface area contributed by atoms with Crippen LogP contribution in [0.3, 0.4) is 0 Å². The number of carbonyl (C=O) groups excluding carboxylic acids is 1. The third kappa shape index (κ3) is 5.06. The van der Waals surface area contributed by atoms with Crippen LogP contribution in [-0.4, -0.2) is 69.4 Å². The highest BCUT2D eigenvalue weighted by Gasteiger charge is 2.26. The SMILES string of the molecule is C[C@@H]1CCCCN1CCCNC(=O)C1CCN(c2ccc3nnc(-c4ccccc4)n3n2)CC1. The molecule has 0 radical (unpaired) electrons. The Bertz CT molecular complexity index is 1090. The van der Waals surface area contributed by atoms with Gasteiger partial charge in [-0.05, 0) is 57.7 Å². The van der Waals surface area contributed by atoms with Gasteiger partial charge in [0.25, 0.3) is 0 Å². The van der Waals surface area contributed by atoms with Crippen LogP contribution in [0.5, 0.6) is 0 Å². The van der Waals surface area contributed by atoms with Gasteiger partial charge in [-0.1, -0.05) is 36.8 Å². The molecule has 8 nitrogen and oxygen atoms in total. The monoisotopic (exact) mass is 461 g/mol. The number of nitrogens with one attached hydrogen (secondary N) is 1. The maximum atomic E-state index is 12.7. The van der Waals surface area contributed by atoms with Gasteiger partial charge in [-0.2, -0.15) is 4.52 Å². The highest BCUT2D eigenvalue weighted by atomic mass is 16.1. The van der Waals surface area contributed by atoms with E-state index in [1.807, 2.05) is 47.0 Å². The topological polar surface area (TPSA) is 78.7 Å². The van der Waals surface area contributed by atoms with Crippen molar-refractivity contribution >= 4 is 17.4 Å². The Balaban J connectivity index is 1.12. The van der Waals surface area contributed by atoms with E-state index in [2.05, 4.69) is 32.2 Å². The first-order chi connectivity index (χ1) is 16.7. The van der Waals surface area contributed by atoms with E-state index in [0.717, 1.165) is 68.3 Å². The number of piperidine rings is 2. The number of carbonyl (C=O) groups is 1. The average Bonchev–Trinajstić information content (AvgIpc) is 3.31. The van der Waals surface area contributed by atoms with Crippen molar-refractivity contribution in [2.45, 2.75) is 51.5 Å². The Morgan fingerprint density at radius 3 is 2.62 bits per heavy atom. The van der Waals surface area contributed by atoms with Gasteiger partial charge >= 0.3 is 0 Å². The molecule has 2 saturated heterocycles. The van der Waals surface area contributed by atoms with Gasteiger partial charge in [0, 0.05) is 43.7 Å². The highest BCUT2D eigenvalue weighted by Crippen LogP contribution is 2.24. The molecule has 1 amide bonds. The van der Waals surface area contributed by atoms with Crippen molar-refractivity contribution in [3.63, 3.8) is 0 Å². The van der Waals surface area contributed by atoms with Crippen molar-refractivity contribution < 1.29 is 4.79 Å². The molecule has 0 aliphatic carbocycles. The minimum Gasteiger partial charge on any atom is -0.356 e. The van der Waals surface area contributed by atoms with E-state index in [4.69, 9.17) is 5.10 Å². The fourth-order valence-electron chi connectivity index (χ4n) is 5.21. The molecule has 1 N–H and O–H groups in total. The number of hydrogen-bond acceptors (Lipinski definition) is 6. The number of fused-ring (bicyclic) bond motifs is 1. The molecule has 4 heterocycles. The Hall–Kier alpha value is -3.00. The average molecular weight is 462 g/mol. The first-order valence-electron chi connectivity index (χ1n) is 12.7. The second-order valence-electron chi connectivity index (χ2n) is 9.64. The fourth-order valence-corrected chi connectivity index (χ4v) is 5.21. The summed E-state index contributed by atoms with van der Waals surface area (Å²) in [5, 5.41) is 16.6. The maximum Gasteiger partial charge on any atom is 0.223 e. The maximum absolute atomic E-state index is 12.7. The molecule has 0 spiro atoms. The second-order valence-corrected chi connectivity index (χ2v) is 9.64. The Morgan fingerprint density at radius 2 is 1.82 bits per heavy atom. The number of likely N-dealkylation sites (tertiary alicyclic amines) is 1. The molecule has 0 bridgehead atoms. The zero-order valence-corrected chi connectivity index (χ0v) is 20.1. The first-order valence-corrected chi connectivity index (χ1v) is 12.7. The fraction of sp³-hybridized carbons (Fsp3) is 0.538. The number of anilines is 1.